The fraction of sp³-hybridized carbons (Fsp3) is 0.111. The summed E-state index contributed by atoms with van der Waals surface area (Å²) in [6.07, 6.45) is 8.46. The van der Waals surface area contributed by atoms with Crippen molar-refractivity contribution in [2.24, 2.45) is 0 Å². The molecule has 0 saturated carbocycles. The first-order valence-corrected chi connectivity index (χ1v) is 7.27. The quantitative estimate of drug-likeness (QED) is 0.691. The molecule has 23 heavy (non-hydrogen) atoms. The highest BCUT2D eigenvalue weighted by Gasteiger charge is 2.16. The lowest BCUT2D eigenvalue weighted by Crippen LogP contribution is -2.07. The van der Waals surface area contributed by atoms with Crippen LogP contribution in [0, 0.1) is 0 Å². The Hall–Kier alpha value is -3.08. The number of ether oxygens (including phenoxy) is 1. The molecule has 0 spiro atoms. The van der Waals surface area contributed by atoms with Gasteiger partial charge in [-0.05, 0) is 31.2 Å². The van der Waals surface area contributed by atoms with E-state index in [2.05, 4.69) is 15.0 Å². The van der Waals surface area contributed by atoms with Crippen molar-refractivity contribution >= 4 is 5.97 Å². The van der Waals surface area contributed by atoms with Crippen LogP contribution in [-0.4, -0.2) is 27.5 Å². The first kappa shape index (κ1) is 14.8. The van der Waals surface area contributed by atoms with E-state index < -0.39 is 0 Å². The van der Waals surface area contributed by atoms with Crippen LogP contribution in [0.5, 0.6) is 0 Å². The van der Waals surface area contributed by atoms with Crippen LogP contribution < -0.4 is 0 Å². The highest BCUT2D eigenvalue weighted by Crippen LogP contribution is 2.27. The number of hydrogen-bond donors (Lipinski definition) is 0. The van der Waals surface area contributed by atoms with Gasteiger partial charge in [-0.1, -0.05) is 6.07 Å². The number of hydrogen-bond acceptors (Lipinski definition) is 5. The number of esters is 1. The van der Waals surface area contributed by atoms with Gasteiger partial charge in [0.25, 0.3) is 0 Å². The number of rotatable bonds is 4. The molecule has 0 aliphatic carbocycles. The van der Waals surface area contributed by atoms with Gasteiger partial charge in [-0.15, -0.1) is 0 Å². The lowest BCUT2D eigenvalue weighted by Gasteiger charge is -2.10. The van der Waals surface area contributed by atoms with Gasteiger partial charge in [-0.2, -0.15) is 0 Å². The minimum atomic E-state index is -0.376. The lowest BCUT2D eigenvalue weighted by molar-refractivity contribution is 0.0527. The summed E-state index contributed by atoms with van der Waals surface area (Å²) in [6, 6.07) is 9.16. The molecule has 0 aromatic carbocycles. The summed E-state index contributed by atoms with van der Waals surface area (Å²) in [4.78, 5) is 25.0. The molecular formula is C18H15N3O2. The molecule has 3 aromatic rings. The SMILES string of the molecule is CCOC(=O)c1cc(-c2cccnc2)ncc1-c1cccnc1. The molecular weight excluding hydrogens is 290 g/mol. The van der Waals surface area contributed by atoms with E-state index in [0.29, 0.717) is 23.4 Å². The van der Waals surface area contributed by atoms with Crippen molar-refractivity contribution in [3.63, 3.8) is 0 Å². The van der Waals surface area contributed by atoms with Gasteiger partial charge in [0.2, 0.25) is 0 Å². The molecule has 0 unspecified atom stereocenters. The fourth-order valence-corrected chi connectivity index (χ4v) is 2.26. The van der Waals surface area contributed by atoms with Crippen LogP contribution in [-0.2, 0) is 4.74 Å². The third-order valence-corrected chi connectivity index (χ3v) is 3.33. The predicted octanol–water partition coefficient (Wildman–Crippen LogP) is 3.38. The summed E-state index contributed by atoms with van der Waals surface area (Å²) >= 11 is 0. The van der Waals surface area contributed by atoms with Crippen molar-refractivity contribution < 1.29 is 9.53 Å². The molecule has 5 heteroatoms. The average molecular weight is 305 g/mol. The Kier molecular flexibility index (Phi) is 4.38. The normalized spacial score (nSPS) is 10.3. The summed E-state index contributed by atoms with van der Waals surface area (Å²) in [7, 11) is 0. The zero-order chi connectivity index (χ0) is 16.1. The van der Waals surface area contributed by atoms with Crippen molar-refractivity contribution in [3.8, 4) is 22.4 Å². The number of pyridine rings is 3. The fourth-order valence-electron chi connectivity index (χ4n) is 2.26. The van der Waals surface area contributed by atoms with Crippen molar-refractivity contribution in [1.29, 1.82) is 0 Å². The summed E-state index contributed by atoms with van der Waals surface area (Å²) in [5, 5.41) is 0. The van der Waals surface area contributed by atoms with Crippen LogP contribution in [0.4, 0.5) is 0 Å². The third-order valence-electron chi connectivity index (χ3n) is 3.33. The van der Waals surface area contributed by atoms with E-state index in [-0.39, 0.29) is 5.97 Å². The van der Waals surface area contributed by atoms with Crippen LogP contribution >= 0.6 is 0 Å². The standard InChI is InChI=1S/C18H15N3O2/c1-2-23-18(22)15-9-17(14-6-4-8-20-11-14)21-12-16(15)13-5-3-7-19-10-13/h3-12H,2H2,1H3. The minimum Gasteiger partial charge on any atom is -0.462 e. The first-order chi connectivity index (χ1) is 11.3. The highest BCUT2D eigenvalue weighted by atomic mass is 16.5. The molecule has 0 bridgehead atoms. The lowest BCUT2D eigenvalue weighted by atomic mass is 10.0. The number of carbonyl (C=O) groups is 1. The van der Waals surface area contributed by atoms with Crippen LogP contribution in [0.1, 0.15) is 17.3 Å². The van der Waals surface area contributed by atoms with Crippen molar-refractivity contribution in [1.82, 2.24) is 15.0 Å². The Morgan fingerprint density at radius 1 is 1.04 bits per heavy atom. The Balaban J connectivity index is 2.12. The third kappa shape index (κ3) is 3.23. The van der Waals surface area contributed by atoms with E-state index in [1.165, 1.54) is 0 Å². The van der Waals surface area contributed by atoms with Gasteiger partial charge in [0.15, 0.2) is 0 Å². The summed E-state index contributed by atoms with van der Waals surface area (Å²) in [5.74, 6) is -0.376. The molecule has 3 aromatic heterocycles. The minimum absolute atomic E-state index is 0.315. The Morgan fingerprint density at radius 3 is 2.35 bits per heavy atom. The molecule has 0 saturated heterocycles. The number of nitrogens with zero attached hydrogens (tertiary/aromatic N) is 3. The van der Waals surface area contributed by atoms with E-state index in [4.69, 9.17) is 4.74 Å². The van der Waals surface area contributed by atoms with Crippen molar-refractivity contribution in [2.45, 2.75) is 6.92 Å². The maximum Gasteiger partial charge on any atom is 0.338 e. The van der Waals surface area contributed by atoms with Gasteiger partial charge in [0.1, 0.15) is 0 Å². The monoisotopic (exact) mass is 305 g/mol. The second kappa shape index (κ2) is 6.79. The van der Waals surface area contributed by atoms with Crippen molar-refractivity contribution in [2.75, 3.05) is 6.61 Å². The summed E-state index contributed by atoms with van der Waals surface area (Å²) < 4.78 is 5.18. The summed E-state index contributed by atoms with van der Waals surface area (Å²) in [5.41, 5.74) is 3.50. The van der Waals surface area contributed by atoms with Crippen LogP contribution in [0.15, 0.2) is 61.3 Å². The molecule has 0 N–H and O–H groups in total. The molecule has 0 aliphatic heterocycles. The van der Waals surface area contributed by atoms with Crippen LogP contribution in [0.25, 0.3) is 22.4 Å². The van der Waals surface area contributed by atoms with Gasteiger partial charge < -0.3 is 4.74 Å². The van der Waals surface area contributed by atoms with E-state index in [9.17, 15) is 4.79 Å². The Labute approximate surface area is 134 Å². The smallest absolute Gasteiger partial charge is 0.338 e. The zero-order valence-corrected chi connectivity index (χ0v) is 12.6. The number of aromatic nitrogens is 3. The first-order valence-electron chi connectivity index (χ1n) is 7.27. The molecule has 0 aliphatic rings. The van der Waals surface area contributed by atoms with E-state index in [0.717, 1.165) is 11.1 Å². The molecule has 5 nitrogen and oxygen atoms in total. The summed E-state index contributed by atoms with van der Waals surface area (Å²) in [6.45, 7) is 2.10. The van der Waals surface area contributed by atoms with Gasteiger partial charge in [-0.3, -0.25) is 15.0 Å². The molecule has 0 fully saturated rings. The highest BCUT2D eigenvalue weighted by molar-refractivity contribution is 5.98. The van der Waals surface area contributed by atoms with E-state index >= 15 is 0 Å². The average Bonchev–Trinajstić information content (AvgIpc) is 2.63. The van der Waals surface area contributed by atoms with Gasteiger partial charge in [0.05, 0.1) is 17.9 Å². The van der Waals surface area contributed by atoms with Crippen LogP contribution in [0.2, 0.25) is 0 Å². The van der Waals surface area contributed by atoms with Crippen molar-refractivity contribution in [3.05, 3.63) is 66.9 Å². The van der Waals surface area contributed by atoms with Crippen LogP contribution in [0.3, 0.4) is 0 Å². The molecule has 0 radical (unpaired) electrons. The molecule has 3 rings (SSSR count). The largest absolute Gasteiger partial charge is 0.462 e. The maximum atomic E-state index is 12.3. The maximum absolute atomic E-state index is 12.3. The Morgan fingerprint density at radius 2 is 1.74 bits per heavy atom. The van der Waals surface area contributed by atoms with Gasteiger partial charge in [-0.25, -0.2) is 4.79 Å². The van der Waals surface area contributed by atoms with Gasteiger partial charge >= 0.3 is 5.97 Å². The van der Waals surface area contributed by atoms with E-state index in [1.807, 2.05) is 24.3 Å². The molecule has 0 amide bonds. The zero-order valence-electron chi connectivity index (χ0n) is 12.6. The topological polar surface area (TPSA) is 65.0 Å². The second-order valence-corrected chi connectivity index (χ2v) is 4.82. The predicted molar refractivity (Wildman–Crippen MR) is 86.7 cm³/mol. The molecule has 3 heterocycles. The van der Waals surface area contributed by atoms with Gasteiger partial charge in [0, 0.05) is 47.7 Å². The molecule has 0 atom stereocenters. The Bertz CT molecular complexity index is 805. The van der Waals surface area contributed by atoms with E-state index in [1.54, 1.807) is 44.0 Å². The molecule has 114 valence electrons. The number of carbonyl (C=O) groups excluding carboxylic acids is 1. The second-order valence-electron chi connectivity index (χ2n) is 4.82.